The van der Waals surface area contributed by atoms with E-state index in [-0.39, 0.29) is 18.9 Å². The number of benzene rings is 1. The van der Waals surface area contributed by atoms with Crippen molar-refractivity contribution in [1.82, 2.24) is 5.32 Å². The normalized spacial score (nSPS) is 26.3. The molecule has 3 N–H and O–H groups in total. The van der Waals surface area contributed by atoms with Crippen molar-refractivity contribution in [2.45, 2.75) is 69.0 Å². The van der Waals surface area contributed by atoms with Crippen LogP contribution in [0.1, 0.15) is 62.5 Å². The average molecular weight is 317 g/mol. The highest BCUT2D eigenvalue weighted by atomic mass is 16.3. The number of hydrogen-bond acceptors (Lipinski definition) is 3. The Balaban J connectivity index is 1.61. The maximum absolute atomic E-state index is 12.2. The Kier molecular flexibility index (Phi) is 4.74. The molecule has 0 aliphatic heterocycles. The summed E-state index contributed by atoms with van der Waals surface area (Å²) >= 11 is 0. The van der Waals surface area contributed by atoms with Crippen LogP contribution in [0.5, 0.6) is 0 Å². The molecule has 1 saturated carbocycles. The zero-order chi connectivity index (χ0) is 16.3. The Morgan fingerprint density at radius 1 is 1.04 bits per heavy atom. The second-order valence-electron chi connectivity index (χ2n) is 7.28. The molecule has 4 nitrogen and oxygen atoms in total. The fourth-order valence-electron chi connectivity index (χ4n) is 4.07. The topological polar surface area (TPSA) is 69.6 Å². The van der Waals surface area contributed by atoms with Gasteiger partial charge in [-0.05, 0) is 43.2 Å². The van der Waals surface area contributed by atoms with E-state index in [1.165, 1.54) is 5.56 Å². The van der Waals surface area contributed by atoms with E-state index in [0.717, 1.165) is 37.7 Å². The van der Waals surface area contributed by atoms with E-state index in [1.807, 2.05) is 24.3 Å². The molecule has 0 heterocycles. The number of carbonyl (C=O) groups is 1. The van der Waals surface area contributed by atoms with Gasteiger partial charge >= 0.3 is 0 Å². The molecule has 4 heteroatoms. The lowest BCUT2D eigenvalue weighted by atomic mass is 9.79. The van der Waals surface area contributed by atoms with Crippen molar-refractivity contribution < 1.29 is 15.0 Å². The quantitative estimate of drug-likeness (QED) is 0.799. The summed E-state index contributed by atoms with van der Waals surface area (Å²) < 4.78 is 0. The molecule has 1 fully saturated rings. The maximum Gasteiger partial charge on any atom is 0.223 e. The van der Waals surface area contributed by atoms with Gasteiger partial charge in [0.1, 0.15) is 5.60 Å². The summed E-state index contributed by atoms with van der Waals surface area (Å²) in [6.45, 7) is 0.221. The summed E-state index contributed by atoms with van der Waals surface area (Å²) in [6.07, 6.45) is 7.22. The first kappa shape index (κ1) is 16.5. The highest BCUT2D eigenvalue weighted by Crippen LogP contribution is 2.35. The molecule has 1 unspecified atom stereocenters. The predicted molar refractivity (Wildman–Crippen MR) is 88.9 cm³/mol. The van der Waals surface area contributed by atoms with Crippen molar-refractivity contribution >= 4 is 5.91 Å². The number of rotatable bonds is 4. The molecule has 0 radical (unpaired) electrons. The molecule has 0 spiro atoms. The Labute approximate surface area is 137 Å². The van der Waals surface area contributed by atoms with E-state index < -0.39 is 11.2 Å². The minimum absolute atomic E-state index is 0.144. The SMILES string of the molecule is O=C(CC1(O)CCCCC1)NCC1(O)CCCc2ccccc21. The molecule has 23 heavy (non-hydrogen) atoms. The van der Waals surface area contributed by atoms with Crippen LogP contribution >= 0.6 is 0 Å². The summed E-state index contributed by atoms with van der Waals surface area (Å²) in [5, 5.41) is 24.3. The number of fused-ring (bicyclic) bond motifs is 1. The van der Waals surface area contributed by atoms with Gasteiger partial charge in [0.2, 0.25) is 5.91 Å². The van der Waals surface area contributed by atoms with Gasteiger partial charge in [0.05, 0.1) is 18.6 Å². The van der Waals surface area contributed by atoms with Gasteiger partial charge in [0, 0.05) is 0 Å². The van der Waals surface area contributed by atoms with Crippen LogP contribution in [0.3, 0.4) is 0 Å². The largest absolute Gasteiger partial charge is 0.389 e. The number of carbonyl (C=O) groups excluding carboxylic acids is 1. The lowest BCUT2D eigenvalue weighted by Gasteiger charge is -2.35. The number of aryl methyl sites for hydroxylation is 1. The third-order valence-corrected chi connectivity index (χ3v) is 5.41. The zero-order valence-corrected chi connectivity index (χ0v) is 13.7. The second kappa shape index (κ2) is 6.62. The summed E-state index contributed by atoms with van der Waals surface area (Å²) in [5.41, 5.74) is 0.263. The van der Waals surface area contributed by atoms with Crippen LogP contribution in [0.25, 0.3) is 0 Å². The van der Waals surface area contributed by atoms with Gasteiger partial charge < -0.3 is 15.5 Å². The molecule has 0 bridgehead atoms. The third kappa shape index (κ3) is 3.75. The zero-order valence-electron chi connectivity index (χ0n) is 13.7. The van der Waals surface area contributed by atoms with E-state index >= 15 is 0 Å². The Hall–Kier alpha value is -1.39. The molecule has 2 aliphatic rings. The summed E-state index contributed by atoms with van der Waals surface area (Å²) in [6, 6.07) is 7.92. The number of aliphatic hydroxyl groups is 2. The van der Waals surface area contributed by atoms with Gasteiger partial charge in [0.25, 0.3) is 0 Å². The van der Waals surface area contributed by atoms with Crippen LogP contribution in [-0.4, -0.2) is 28.3 Å². The van der Waals surface area contributed by atoms with Crippen molar-refractivity contribution in [2.24, 2.45) is 0 Å². The molecular formula is C19H27NO3. The van der Waals surface area contributed by atoms with E-state index in [1.54, 1.807) is 0 Å². The first-order valence-electron chi connectivity index (χ1n) is 8.81. The van der Waals surface area contributed by atoms with Crippen LogP contribution in [0.4, 0.5) is 0 Å². The molecule has 0 aromatic heterocycles. The lowest BCUT2D eigenvalue weighted by molar-refractivity contribution is -0.129. The van der Waals surface area contributed by atoms with E-state index in [0.29, 0.717) is 19.3 Å². The standard InChI is InChI=1S/C19H27NO3/c21-17(13-18(22)10-4-1-5-11-18)20-14-19(23)12-6-8-15-7-2-3-9-16(15)19/h2-3,7,9,22-23H,1,4-6,8,10-14H2,(H,20,21). The molecule has 126 valence electrons. The highest BCUT2D eigenvalue weighted by molar-refractivity contribution is 5.77. The van der Waals surface area contributed by atoms with E-state index in [4.69, 9.17) is 0 Å². The minimum Gasteiger partial charge on any atom is -0.389 e. The lowest BCUT2D eigenvalue weighted by Crippen LogP contribution is -2.45. The fourth-order valence-corrected chi connectivity index (χ4v) is 4.07. The van der Waals surface area contributed by atoms with E-state index in [9.17, 15) is 15.0 Å². The molecule has 0 saturated heterocycles. The average Bonchev–Trinajstić information content (AvgIpc) is 2.54. The predicted octanol–water partition coefficient (Wildman–Crippen LogP) is 2.41. The monoisotopic (exact) mass is 317 g/mol. The van der Waals surface area contributed by atoms with Gasteiger partial charge in [-0.25, -0.2) is 0 Å². The third-order valence-electron chi connectivity index (χ3n) is 5.41. The van der Waals surface area contributed by atoms with Crippen LogP contribution in [-0.2, 0) is 16.8 Å². The Morgan fingerprint density at radius 3 is 2.57 bits per heavy atom. The van der Waals surface area contributed by atoms with Gasteiger partial charge in [-0.3, -0.25) is 4.79 Å². The number of hydrogen-bond donors (Lipinski definition) is 3. The minimum atomic E-state index is -0.986. The van der Waals surface area contributed by atoms with Crippen molar-refractivity contribution in [1.29, 1.82) is 0 Å². The van der Waals surface area contributed by atoms with Crippen molar-refractivity contribution in [2.75, 3.05) is 6.54 Å². The van der Waals surface area contributed by atoms with Crippen molar-refractivity contribution in [3.05, 3.63) is 35.4 Å². The Morgan fingerprint density at radius 2 is 1.78 bits per heavy atom. The Bertz CT molecular complexity index is 565. The van der Waals surface area contributed by atoms with Crippen LogP contribution < -0.4 is 5.32 Å². The molecule has 1 aromatic rings. The molecule has 3 rings (SSSR count). The van der Waals surface area contributed by atoms with Crippen molar-refractivity contribution in [3.63, 3.8) is 0 Å². The van der Waals surface area contributed by atoms with Gasteiger partial charge in [-0.2, -0.15) is 0 Å². The van der Waals surface area contributed by atoms with E-state index in [2.05, 4.69) is 5.32 Å². The van der Waals surface area contributed by atoms with Gasteiger partial charge in [-0.15, -0.1) is 0 Å². The highest BCUT2D eigenvalue weighted by Gasteiger charge is 2.36. The fraction of sp³-hybridized carbons (Fsp3) is 0.632. The maximum atomic E-state index is 12.2. The molecule has 1 atom stereocenters. The summed E-state index contributed by atoms with van der Waals surface area (Å²) in [7, 11) is 0. The van der Waals surface area contributed by atoms with Crippen LogP contribution in [0.15, 0.2) is 24.3 Å². The second-order valence-corrected chi connectivity index (χ2v) is 7.28. The summed E-state index contributed by atoms with van der Waals surface area (Å²) in [5.74, 6) is -0.161. The van der Waals surface area contributed by atoms with Gasteiger partial charge in [-0.1, -0.05) is 43.5 Å². The summed E-state index contributed by atoms with van der Waals surface area (Å²) in [4.78, 5) is 12.2. The molecule has 2 aliphatic carbocycles. The van der Waals surface area contributed by atoms with Gasteiger partial charge in [0.15, 0.2) is 0 Å². The smallest absolute Gasteiger partial charge is 0.223 e. The number of amides is 1. The molecular weight excluding hydrogens is 290 g/mol. The van der Waals surface area contributed by atoms with Crippen LogP contribution in [0.2, 0.25) is 0 Å². The molecule has 1 aromatic carbocycles. The number of nitrogens with one attached hydrogen (secondary N) is 1. The first-order chi connectivity index (χ1) is 11.0. The first-order valence-corrected chi connectivity index (χ1v) is 8.81. The van der Waals surface area contributed by atoms with Crippen LogP contribution in [0, 0.1) is 0 Å². The van der Waals surface area contributed by atoms with Crippen molar-refractivity contribution in [3.8, 4) is 0 Å². The molecule has 1 amide bonds.